The highest BCUT2D eigenvalue weighted by Gasteiger charge is 2.19. The van der Waals surface area contributed by atoms with E-state index in [1.54, 1.807) is 6.20 Å². The average Bonchev–Trinajstić information content (AvgIpc) is 2.75. The molecule has 1 fully saturated rings. The van der Waals surface area contributed by atoms with Crippen LogP contribution in [0.25, 0.3) is 10.9 Å². The number of benzene rings is 1. The zero-order valence-corrected chi connectivity index (χ0v) is 8.98. The normalized spacial score (nSPS) is 16.0. The van der Waals surface area contributed by atoms with E-state index in [0.717, 1.165) is 41.8 Å². The third kappa shape index (κ3) is 1.36. The van der Waals surface area contributed by atoms with E-state index >= 15 is 0 Å². The summed E-state index contributed by atoms with van der Waals surface area (Å²) in [6.45, 7) is 0.951. The Hall–Kier alpha value is -1.90. The topological polar surface area (TPSA) is 40.0 Å². The molecule has 1 saturated heterocycles. The van der Waals surface area contributed by atoms with Crippen molar-refractivity contribution in [3.8, 4) is 0 Å². The van der Waals surface area contributed by atoms with E-state index in [1.165, 1.54) is 0 Å². The summed E-state index contributed by atoms with van der Waals surface area (Å²) >= 11 is 0. The quantitative estimate of drug-likeness (QED) is 0.787. The van der Waals surface area contributed by atoms with Crippen LogP contribution >= 0.6 is 0 Å². The molecule has 0 aliphatic carbocycles. The summed E-state index contributed by atoms with van der Waals surface area (Å²) in [6, 6.07) is 10.1. The van der Waals surface area contributed by atoms with Crippen molar-refractivity contribution in [2.45, 2.75) is 12.8 Å². The molecule has 2 aromatic rings. The van der Waals surface area contributed by atoms with E-state index in [0.29, 0.717) is 0 Å². The molecule has 1 N–H and O–H groups in total. The number of nitrogens with one attached hydrogen (secondary N) is 1. The molecule has 16 heavy (non-hydrogen) atoms. The van der Waals surface area contributed by atoms with Gasteiger partial charge < -0.3 is 4.90 Å². The van der Waals surface area contributed by atoms with Crippen molar-refractivity contribution in [1.29, 1.82) is 5.41 Å². The van der Waals surface area contributed by atoms with Crippen LogP contribution in [0, 0.1) is 5.41 Å². The Morgan fingerprint density at radius 2 is 2.12 bits per heavy atom. The fraction of sp³-hybridized carbons (Fsp3) is 0.231. The van der Waals surface area contributed by atoms with Crippen molar-refractivity contribution in [2.75, 3.05) is 11.4 Å². The highest BCUT2D eigenvalue weighted by Crippen LogP contribution is 2.28. The molecular formula is C13H13N3. The van der Waals surface area contributed by atoms with E-state index in [4.69, 9.17) is 5.41 Å². The van der Waals surface area contributed by atoms with Crippen LogP contribution < -0.4 is 4.90 Å². The van der Waals surface area contributed by atoms with Gasteiger partial charge in [-0.1, -0.05) is 6.07 Å². The molecule has 0 spiro atoms. The number of aromatic nitrogens is 1. The van der Waals surface area contributed by atoms with Gasteiger partial charge in [0.05, 0.1) is 11.2 Å². The van der Waals surface area contributed by atoms with Gasteiger partial charge in [-0.25, -0.2) is 0 Å². The van der Waals surface area contributed by atoms with Crippen LogP contribution in [0.5, 0.6) is 0 Å². The van der Waals surface area contributed by atoms with Gasteiger partial charge in [-0.15, -0.1) is 0 Å². The summed E-state index contributed by atoms with van der Waals surface area (Å²) in [7, 11) is 0. The molecule has 0 unspecified atom stereocenters. The smallest absolute Gasteiger partial charge is 0.100 e. The number of rotatable bonds is 1. The Kier molecular flexibility index (Phi) is 2.10. The second kappa shape index (κ2) is 3.59. The third-order valence-electron chi connectivity index (χ3n) is 3.03. The van der Waals surface area contributed by atoms with Crippen LogP contribution in [-0.4, -0.2) is 17.4 Å². The second-order valence-electron chi connectivity index (χ2n) is 4.05. The van der Waals surface area contributed by atoms with E-state index in [1.807, 2.05) is 18.2 Å². The molecule has 1 aromatic carbocycles. The van der Waals surface area contributed by atoms with Crippen LogP contribution in [0.3, 0.4) is 0 Å². The van der Waals surface area contributed by atoms with Crippen molar-refractivity contribution in [3.05, 3.63) is 36.5 Å². The maximum absolute atomic E-state index is 7.92. The van der Waals surface area contributed by atoms with Crippen molar-refractivity contribution in [3.63, 3.8) is 0 Å². The number of amidine groups is 1. The molecule has 2 heterocycles. The monoisotopic (exact) mass is 211 g/mol. The zero-order chi connectivity index (χ0) is 11.0. The number of fused-ring (bicyclic) bond motifs is 1. The van der Waals surface area contributed by atoms with Gasteiger partial charge in [0, 0.05) is 24.5 Å². The summed E-state index contributed by atoms with van der Waals surface area (Å²) < 4.78 is 0. The van der Waals surface area contributed by atoms with Gasteiger partial charge in [0.2, 0.25) is 0 Å². The lowest BCUT2D eigenvalue weighted by Crippen LogP contribution is -2.23. The van der Waals surface area contributed by atoms with E-state index in [-0.39, 0.29) is 0 Å². The highest BCUT2D eigenvalue weighted by molar-refractivity contribution is 6.04. The fourth-order valence-corrected chi connectivity index (χ4v) is 2.26. The van der Waals surface area contributed by atoms with Crippen molar-refractivity contribution < 1.29 is 0 Å². The molecule has 0 bridgehead atoms. The third-order valence-corrected chi connectivity index (χ3v) is 3.03. The Morgan fingerprint density at radius 1 is 1.19 bits per heavy atom. The van der Waals surface area contributed by atoms with Crippen LogP contribution in [-0.2, 0) is 0 Å². The molecular weight excluding hydrogens is 198 g/mol. The molecule has 80 valence electrons. The van der Waals surface area contributed by atoms with Crippen molar-refractivity contribution in [1.82, 2.24) is 4.98 Å². The van der Waals surface area contributed by atoms with Crippen LogP contribution in [0.4, 0.5) is 5.69 Å². The Bertz CT molecular complexity index is 542. The second-order valence-corrected chi connectivity index (χ2v) is 4.05. The summed E-state index contributed by atoms with van der Waals surface area (Å²) in [5.74, 6) is 0.719. The van der Waals surface area contributed by atoms with Crippen LogP contribution in [0.1, 0.15) is 12.8 Å². The maximum Gasteiger partial charge on any atom is 0.100 e. The van der Waals surface area contributed by atoms with Gasteiger partial charge in [0.25, 0.3) is 0 Å². The van der Waals surface area contributed by atoms with Crippen LogP contribution in [0.15, 0.2) is 36.5 Å². The number of pyridine rings is 1. The standard InChI is InChI=1S/C13H13N3/c14-13-7-3-9-16(13)12-6-1-5-11-10(12)4-2-8-15-11/h1-2,4-6,8,14H,3,7,9H2. The molecule has 0 saturated carbocycles. The molecule has 3 nitrogen and oxygen atoms in total. The van der Waals surface area contributed by atoms with Crippen molar-refractivity contribution in [2.24, 2.45) is 0 Å². The average molecular weight is 211 g/mol. The minimum atomic E-state index is 0.719. The first-order valence-corrected chi connectivity index (χ1v) is 5.55. The number of anilines is 1. The van der Waals surface area contributed by atoms with Gasteiger partial charge in [0.1, 0.15) is 5.84 Å². The van der Waals surface area contributed by atoms with E-state index in [2.05, 4.69) is 22.0 Å². The Balaban J connectivity index is 2.19. The van der Waals surface area contributed by atoms with Gasteiger partial charge >= 0.3 is 0 Å². The van der Waals surface area contributed by atoms with Gasteiger partial charge in [0.15, 0.2) is 0 Å². The SMILES string of the molecule is N=C1CCCN1c1cccc2ncccc12. The highest BCUT2D eigenvalue weighted by atomic mass is 15.2. The van der Waals surface area contributed by atoms with Gasteiger partial charge in [-0.3, -0.25) is 10.4 Å². The predicted molar refractivity (Wildman–Crippen MR) is 66.0 cm³/mol. The lowest BCUT2D eigenvalue weighted by atomic mass is 10.1. The molecule has 0 atom stereocenters. The number of nitrogens with zero attached hydrogens (tertiary/aromatic N) is 2. The largest absolute Gasteiger partial charge is 0.330 e. The van der Waals surface area contributed by atoms with Gasteiger partial charge in [-0.05, 0) is 30.7 Å². The van der Waals surface area contributed by atoms with Crippen LogP contribution in [0.2, 0.25) is 0 Å². The summed E-state index contributed by atoms with van der Waals surface area (Å²) in [4.78, 5) is 6.43. The number of hydrogen-bond acceptors (Lipinski definition) is 2. The molecule has 0 radical (unpaired) electrons. The van der Waals surface area contributed by atoms with E-state index < -0.39 is 0 Å². The summed E-state index contributed by atoms with van der Waals surface area (Å²) in [6.07, 6.45) is 3.77. The molecule has 1 aliphatic rings. The Morgan fingerprint density at radius 3 is 2.94 bits per heavy atom. The first-order chi connectivity index (χ1) is 7.86. The maximum atomic E-state index is 7.92. The molecule has 0 amide bonds. The summed E-state index contributed by atoms with van der Waals surface area (Å²) in [5, 5.41) is 9.06. The first-order valence-electron chi connectivity index (χ1n) is 5.55. The van der Waals surface area contributed by atoms with E-state index in [9.17, 15) is 0 Å². The minimum absolute atomic E-state index is 0.719. The summed E-state index contributed by atoms with van der Waals surface area (Å²) in [5.41, 5.74) is 2.12. The molecule has 3 rings (SSSR count). The zero-order valence-electron chi connectivity index (χ0n) is 8.98. The number of hydrogen-bond donors (Lipinski definition) is 1. The van der Waals surface area contributed by atoms with Gasteiger partial charge in [-0.2, -0.15) is 0 Å². The first kappa shape index (κ1) is 9.33. The molecule has 3 heteroatoms. The minimum Gasteiger partial charge on any atom is -0.330 e. The lowest BCUT2D eigenvalue weighted by molar-refractivity contribution is 0.958. The lowest BCUT2D eigenvalue weighted by Gasteiger charge is -2.19. The fourth-order valence-electron chi connectivity index (χ4n) is 2.26. The molecule has 1 aromatic heterocycles. The van der Waals surface area contributed by atoms with Crippen molar-refractivity contribution >= 4 is 22.4 Å². The Labute approximate surface area is 94.2 Å². The molecule has 1 aliphatic heterocycles. The predicted octanol–water partition coefficient (Wildman–Crippen LogP) is 2.81.